The van der Waals surface area contributed by atoms with Gasteiger partial charge in [0.25, 0.3) is 0 Å². The molecule has 0 aliphatic heterocycles. The largest absolute Gasteiger partial charge is 0.481 e. The number of hydrogen-bond donors (Lipinski definition) is 1. The van der Waals surface area contributed by atoms with Gasteiger partial charge in [-0.15, -0.1) is 0 Å². The minimum atomic E-state index is 0.310. The SMILES string of the molecule is Cc1ccc(OCC#Cc2cnc3[nH]ccc3c2Cl)cc1. The highest BCUT2D eigenvalue weighted by Crippen LogP contribution is 2.24. The highest BCUT2D eigenvalue weighted by molar-refractivity contribution is 6.36. The van der Waals surface area contributed by atoms with Gasteiger partial charge in [-0.05, 0) is 25.1 Å². The van der Waals surface area contributed by atoms with Crippen LogP contribution in [0, 0.1) is 18.8 Å². The Kier molecular flexibility index (Phi) is 3.81. The summed E-state index contributed by atoms with van der Waals surface area (Å²) >= 11 is 6.29. The predicted molar refractivity (Wildman–Crippen MR) is 84.7 cm³/mol. The number of pyridine rings is 1. The summed E-state index contributed by atoms with van der Waals surface area (Å²) in [4.78, 5) is 7.28. The Morgan fingerprint density at radius 1 is 1.24 bits per heavy atom. The minimum absolute atomic E-state index is 0.310. The highest BCUT2D eigenvalue weighted by Gasteiger charge is 2.05. The van der Waals surface area contributed by atoms with E-state index in [0.717, 1.165) is 16.8 Å². The zero-order valence-electron chi connectivity index (χ0n) is 11.5. The van der Waals surface area contributed by atoms with Crippen LogP contribution in [0.3, 0.4) is 0 Å². The van der Waals surface area contributed by atoms with Crippen molar-refractivity contribution in [3.8, 4) is 17.6 Å². The van der Waals surface area contributed by atoms with Crippen LogP contribution >= 0.6 is 11.6 Å². The normalized spacial score (nSPS) is 10.2. The molecule has 0 spiro atoms. The summed E-state index contributed by atoms with van der Waals surface area (Å²) in [6, 6.07) is 9.75. The van der Waals surface area contributed by atoms with Crippen LogP contribution < -0.4 is 4.74 Å². The summed E-state index contributed by atoms with van der Waals surface area (Å²) in [6.07, 6.45) is 3.47. The van der Waals surface area contributed by atoms with Gasteiger partial charge >= 0.3 is 0 Å². The van der Waals surface area contributed by atoms with Crippen molar-refractivity contribution in [3.63, 3.8) is 0 Å². The zero-order chi connectivity index (χ0) is 14.7. The first-order valence-corrected chi connectivity index (χ1v) is 6.92. The second-order valence-corrected chi connectivity index (χ2v) is 5.01. The van der Waals surface area contributed by atoms with Crippen molar-refractivity contribution in [2.45, 2.75) is 6.92 Å². The lowest BCUT2D eigenvalue weighted by Gasteiger charge is -2.01. The second-order valence-electron chi connectivity index (χ2n) is 4.63. The minimum Gasteiger partial charge on any atom is -0.481 e. The van der Waals surface area contributed by atoms with Crippen LogP contribution in [-0.4, -0.2) is 16.6 Å². The Labute approximate surface area is 127 Å². The molecule has 0 radical (unpaired) electrons. The summed E-state index contributed by atoms with van der Waals surface area (Å²) < 4.78 is 5.55. The average molecular weight is 297 g/mol. The molecule has 0 unspecified atom stereocenters. The number of nitrogens with one attached hydrogen (secondary N) is 1. The molecule has 1 N–H and O–H groups in total. The molecule has 0 bridgehead atoms. The number of nitrogens with zero attached hydrogens (tertiary/aromatic N) is 1. The first kappa shape index (κ1) is 13.5. The number of halogens is 1. The van der Waals surface area contributed by atoms with Gasteiger partial charge in [-0.25, -0.2) is 4.98 Å². The van der Waals surface area contributed by atoms with E-state index in [1.807, 2.05) is 37.3 Å². The number of benzene rings is 1. The summed E-state index contributed by atoms with van der Waals surface area (Å²) in [5.41, 5.74) is 2.67. The molecule has 1 aromatic carbocycles. The molecule has 3 rings (SSSR count). The van der Waals surface area contributed by atoms with Gasteiger partial charge < -0.3 is 9.72 Å². The van der Waals surface area contributed by atoms with Crippen molar-refractivity contribution < 1.29 is 4.74 Å². The Hall–Kier alpha value is -2.44. The fraction of sp³-hybridized carbons (Fsp3) is 0.118. The van der Waals surface area contributed by atoms with E-state index in [4.69, 9.17) is 16.3 Å². The monoisotopic (exact) mass is 296 g/mol. The maximum absolute atomic E-state index is 6.29. The molecule has 2 heterocycles. The van der Waals surface area contributed by atoms with Crippen molar-refractivity contribution in [3.05, 3.63) is 58.9 Å². The van der Waals surface area contributed by atoms with E-state index in [2.05, 4.69) is 21.8 Å². The Balaban J connectivity index is 1.71. The van der Waals surface area contributed by atoms with Gasteiger partial charge in [-0.3, -0.25) is 0 Å². The Bertz CT molecular complexity index is 825. The number of rotatable bonds is 2. The number of aromatic nitrogens is 2. The van der Waals surface area contributed by atoms with Gasteiger partial charge in [0.2, 0.25) is 0 Å². The summed E-state index contributed by atoms with van der Waals surface area (Å²) in [5.74, 6) is 6.75. The van der Waals surface area contributed by atoms with Crippen LogP contribution in [0.2, 0.25) is 5.02 Å². The number of aromatic amines is 1. The molecule has 4 heteroatoms. The topological polar surface area (TPSA) is 37.9 Å². The second kappa shape index (κ2) is 5.90. The third-order valence-corrected chi connectivity index (χ3v) is 3.48. The lowest BCUT2D eigenvalue weighted by atomic mass is 10.2. The average Bonchev–Trinajstić information content (AvgIpc) is 2.97. The molecular formula is C17H13ClN2O. The third kappa shape index (κ3) is 3.01. The molecule has 0 saturated carbocycles. The van der Waals surface area contributed by atoms with E-state index in [1.165, 1.54) is 5.56 Å². The van der Waals surface area contributed by atoms with Gasteiger partial charge in [-0.2, -0.15) is 0 Å². The van der Waals surface area contributed by atoms with Crippen molar-refractivity contribution >= 4 is 22.6 Å². The first-order valence-electron chi connectivity index (χ1n) is 6.54. The van der Waals surface area contributed by atoms with Gasteiger partial charge in [0.15, 0.2) is 0 Å². The number of ether oxygens (including phenoxy) is 1. The van der Waals surface area contributed by atoms with Crippen molar-refractivity contribution in [1.82, 2.24) is 9.97 Å². The molecule has 0 fully saturated rings. The number of H-pyrrole nitrogens is 1. The third-order valence-electron chi connectivity index (χ3n) is 3.08. The lowest BCUT2D eigenvalue weighted by Crippen LogP contribution is -1.94. The van der Waals surface area contributed by atoms with Crippen LogP contribution in [0.1, 0.15) is 11.1 Å². The van der Waals surface area contributed by atoms with E-state index < -0.39 is 0 Å². The standard InChI is InChI=1S/C17H13ClN2O/c1-12-4-6-14(7-5-12)21-10-2-3-13-11-20-17-15(16(13)18)8-9-19-17/h4-9,11H,10H2,1H3,(H,19,20). The van der Waals surface area contributed by atoms with Crippen LogP contribution in [0.4, 0.5) is 0 Å². The van der Waals surface area contributed by atoms with E-state index in [0.29, 0.717) is 17.2 Å². The van der Waals surface area contributed by atoms with E-state index in [9.17, 15) is 0 Å². The smallest absolute Gasteiger partial charge is 0.149 e. The maximum Gasteiger partial charge on any atom is 0.149 e. The van der Waals surface area contributed by atoms with Crippen molar-refractivity contribution in [2.24, 2.45) is 0 Å². The molecule has 3 nitrogen and oxygen atoms in total. The number of fused-ring (bicyclic) bond motifs is 1. The van der Waals surface area contributed by atoms with Crippen LogP contribution in [0.25, 0.3) is 11.0 Å². The predicted octanol–water partition coefficient (Wildman–Crippen LogP) is 3.96. The molecule has 0 aliphatic rings. The number of hydrogen-bond acceptors (Lipinski definition) is 2. The molecule has 0 atom stereocenters. The van der Waals surface area contributed by atoms with Gasteiger partial charge in [0, 0.05) is 17.8 Å². The summed E-state index contributed by atoms with van der Waals surface area (Å²) in [6.45, 7) is 2.35. The number of aryl methyl sites for hydroxylation is 1. The highest BCUT2D eigenvalue weighted by atomic mass is 35.5. The Morgan fingerprint density at radius 2 is 2.05 bits per heavy atom. The van der Waals surface area contributed by atoms with Gasteiger partial charge in [-0.1, -0.05) is 41.1 Å². The van der Waals surface area contributed by atoms with Crippen LogP contribution in [0.5, 0.6) is 5.75 Å². The summed E-state index contributed by atoms with van der Waals surface area (Å²) in [7, 11) is 0. The molecule has 0 aliphatic carbocycles. The van der Waals surface area contributed by atoms with E-state index >= 15 is 0 Å². The lowest BCUT2D eigenvalue weighted by molar-refractivity contribution is 0.370. The summed E-state index contributed by atoms with van der Waals surface area (Å²) in [5, 5.41) is 1.49. The van der Waals surface area contributed by atoms with Crippen molar-refractivity contribution in [2.75, 3.05) is 6.61 Å². The Morgan fingerprint density at radius 3 is 2.86 bits per heavy atom. The van der Waals surface area contributed by atoms with Crippen LogP contribution in [-0.2, 0) is 0 Å². The fourth-order valence-electron chi connectivity index (χ4n) is 1.95. The molecule has 0 saturated heterocycles. The zero-order valence-corrected chi connectivity index (χ0v) is 12.2. The molecule has 0 amide bonds. The quantitative estimate of drug-likeness (QED) is 0.727. The van der Waals surface area contributed by atoms with Crippen LogP contribution in [0.15, 0.2) is 42.7 Å². The van der Waals surface area contributed by atoms with E-state index in [-0.39, 0.29) is 0 Å². The molecule has 2 aromatic heterocycles. The van der Waals surface area contributed by atoms with E-state index in [1.54, 1.807) is 12.4 Å². The van der Waals surface area contributed by atoms with Gasteiger partial charge in [0.05, 0.1) is 10.6 Å². The molecule has 21 heavy (non-hydrogen) atoms. The maximum atomic E-state index is 6.29. The first-order chi connectivity index (χ1) is 10.2. The fourth-order valence-corrected chi connectivity index (χ4v) is 2.20. The molecule has 3 aromatic rings. The molecular weight excluding hydrogens is 284 g/mol. The van der Waals surface area contributed by atoms with Crippen molar-refractivity contribution in [1.29, 1.82) is 0 Å². The van der Waals surface area contributed by atoms with Gasteiger partial charge in [0.1, 0.15) is 18.0 Å². The molecule has 104 valence electrons.